The monoisotopic (exact) mass is 282 g/mol. The second-order valence-electron chi connectivity index (χ2n) is 4.01. The molecular formula is C14H19BrO. The number of benzene rings is 1. The van der Waals surface area contributed by atoms with Crippen LogP contribution >= 0.6 is 15.9 Å². The summed E-state index contributed by atoms with van der Waals surface area (Å²) in [5, 5.41) is 0.920. The third kappa shape index (κ3) is 4.01. The Morgan fingerprint density at radius 2 is 2.19 bits per heavy atom. The van der Waals surface area contributed by atoms with Crippen LogP contribution < -0.4 is 4.74 Å². The van der Waals surface area contributed by atoms with E-state index in [4.69, 9.17) is 4.74 Å². The molecule has 1 rings (SSSR count). The van der Waals surface area contributed by atoms with Gasteiger partial charge in [-0.2, -0.15) is 0 Å². The number of rotatable bonds is 5. The van der Waals surface area contributed by atoms with Crippen molar-refractivity contribution in [3.63, 3.8) is 0 Å². The molecule has 0 amide bonds. The van der Waals surface area contributed by atoms with Gasteiger partial charge in [-0.15, -0.1) is 0 Å². The van der Waals surface area contributed by atoms with Crippen LogP contribution in [-0.4, -0.2) is 11.9 Å². The lowest BCUT2D eigenvalue weighted by molar-refractivity contribution is 0.340. The molecule has 0 saturated heterocycles. The molecule has 16 heavy (non-hydrogen) atoms. The molecule has 0 aromatic heterocycles. The lowest BCUT2D eigenvalue weighted by atomic mass is 10.0. The largest absolute Gasteiger partial charge is 0.494 e. The van der Waals surface area contributed by atoms with Crippen LogP contribution in [0.4, 0.5) is 0 Å². The van der Waals surface area contributed by atoms with E-state index in [-0.39, 0.29) is 0 Å². The summed E-state index contributed by atoms with van der Waals surface area (Å²) in [6.07, 6.45) is 2.22. The van der Waals surface area contributed by atoms with Crippen molar-refractivity contribution in [2.24, 2.45) is 5.92 Å². The molecule has 0 heterocycles. The first-order valence-electron chi connectivity index (χ1n) is 5.66. The zero-order valence-electron chi connectivity index (χ0n) is 10.2. The molecule has 0 unspecified atom stereocenters. The van der Waals surface area contributed by atoms with Gasteiger partial charge in [0.15, 0.2) is 0 Å². The summed E-state index contributed by atoms with van der Waals surface area (Å²) < 4.78 is 5.48. The number of allylic oxidation sites excluding steroid dienone is 1. The predicted octanol–water partition coefficient (Wildman–Crippen LogP) is 4.52. The molecule has 0 aliphatic carbocycles. The molecule has 0 atom stereocenters. The highest BCUT2D eigenvalue weighted by atomic mass is 79.9. The van der Waals surface area contributed by atoms with Crippen LogP contribution in [0.1, 0.15) is 26.3 Å². The Labute approximate surface area is 107 Å². The Morgan fingerprint density at radius 1 is 1.44 bits per heavy atom. The van der Waals surface area contributed by atoms with Crippen LogP contribution in [0.5, 0.6) is 5.75 Å². The topological polar surface area (TPSA) is 9.23 Å². The minimum atomic E-state index is 0.565. The number of halogens is 1. The smallest absolute Gasteiger partial charge is 0.119 e. The zero-order valence-corrected chi connectivity index (χ0v) is 11.8. The molecule has 0 saturated carbocycles. The average molecular weight is 283 g/mol. The lowest BCUT2D eigenvalue weighted by Gasteiger charge is -2.09. The molecule has 0 fully saturated rings. The van der Waals surface area contributed by atoms with Gasteiger partial charge >= 0.3 is 0 Å². The van der Waals surface area contributed by atoms with Gasteiger partial charge in [-0.05, 0) is 30.5 Å². The molecule has 1 aromatic rings. The fraction of sp³-hybridized carbons (Fsp3) is 0.429. The fourth-order valence-electron chi connectivity index (χ4n) is 1.43. The Hall–Kier alpha value is -0.760. The molecule has 1 nitrogen and oxygen atoms in total. The average Bonchev–Trinajstić information content (AvgIpc) is 2.26. The van der Waals surface area contributed by atoms with Crippen molar-refractivity contribution < 1.29 is 4.74 Å². The number of ether oxygens (including phenoxy) is 1. The van der Waals surface area contributed by atoms with E-state index in [1.807, 2.05) is 19.1 Å². The van der Waals surface area contributed by atoms with Crippen molar-refractivity contribution in [1.82, 2.24) is 0 Å². The van der Waals surface area contributed by atoms with E-state index in [0.29, 0.717) is 12.5 Å². The number of hydrogen-bond acceptors (Lipinski definition) is 1. The molecule has 0 spiro atoms. The van der Waals surface area contributed by atoms with E-state index in [1.165, 1.54) is 11.1 Å². The Kier molecular flexibility index (Phi) is 5.61. The predicted molar refractivity (Wildman–Crippen MR) is 74.2 cm³/mol. The molecular weight excluding hydrogens is 264 g/mol. The molecule has 0 radical (unpaired) electrons. The summed E-state index contributed by atoms with van der Waals surface area (Å²) in [7, 11) is 0. The molecule has 0 aliphatic heterocycles. The van der Waals surface area contributed by atoms with Gasteiger partial charge in [-0.25, -0.2) is 0 Å². The van der Waals surface area contributed by atoms with Crippen LogP contribution in [-0.2, 0) is 0 Å². The third-order valence-electron chi connectivity index (χ3n) is 2.42. The van der Waals surface area contributed by atoms with Crippen molar-refractivity contribution >= 4 is 22.0 Å². The van der Waals surface area contributed by atoms with E-state index in [2.05, 4.69) is 48.0 Å². The van der Waals surface area contributed by atoms with Gasteiger partial charge in [0.1, 0.15) is 5.75 Å². The van der Waals surface area contributed by atoms with Gasteiger partial charge < -0.3 is 4.74 Å². The van der Waals surface area contributed by atoms with Gasteiger partial charge in [0, 0.05) is 5.33 Å². The Morgan fingerprint density at radius 3 is 2.75 bits per heavy atom. The second-order valence-corrected chi connectivity index (χ2v) is 4.57. The van der Waals surface area contributed by atoms with Gasteiger partial charge in [0.25, 0.3) is 0 Å². The summed E-state index contributed by atoms with van der Waals surface area (Å²) in [6.45, 7) is 7.13. The van der Waals surface area contributed by atoms with Crippen molar-refractivity contribution in [2.45, 2.75) is 20.8 Å². The minimum absolute atomic E-state index is 0.565. The maximum absolute atomic E-state index is 5.48. The van der Waals surface area contributed by atoms with Crippen LogP contribution in [0.2, 0.25) is 0 Å². The molecule has 0 N–H and O–H groups in total. The van der Waals surface area contributed by atoms with Crippen LogP contribution in [0.25, 0.3) is 6.08 Å². The fourth-order valence-corrected chi connectivity index (χ4v) is 2.24. The van der Waals surface area contributed by atoms with Gasteiger partial charge in [0.2, 0.25) is 0 Å². The van der Waals surface area contributed by atoms with Crippen LogP contribution in [0.3, 0.4) is 0 Å². The highest BCUT2D eigenvalue weighted by Crippen LogP contribution is 2.20. The maximum Gasteiger partial charge on any atom is 0.119 e. The van der Waals surface area contributed by atoms with Gasteiger partial charge in [0.05, 0.1) is 6.61 Å². The first-order valence-corrected chi connectivity index (χ1v) is 6.78. The van der Waals surface area contributed by atoms with Crippen molar-refractivity contribution in [2.75, 3.05) is 11.9 Å². The summed E-state index contributed by atoms with van der Waals surface area (Å²) in [5.74, 6) is 1.50. The summed E-state index contributed by atoms with van der Waals surface area (Å²) in [6, 6.07) is 8.20. The van der Waals surface area contributed by atoms with Gasteiger partial charge in [-0.1, -0.05) is 53.6 Å². The second kappa shape index (κ2) is 6.74. The Balaban J connectivity index is 2.91. The maximum atomic E-state index is 5.48. The normalized spacial score (nSPS) is 11.9. The highest BCUT2D eigenvalue weighted by Gasteiger charge is 2.02. The first kappa shape index (κ1) is 13.3. The SMILES string of the molecule is CCOc1cccc(C=C(CBr)C(C)C)c1. The van der Waals surface area contributed by atoms with E-state index in [0.717, 1.165) is 11.1 Å². The van der Waals surface area contributed by atoms with Crippen LogP contribution in [0.15, 0.2) is 29.8 Å². The number of hydrogen-bond donors (Lipinski definition) is 0. The van der Waals surface area contributed by atoms with Crippen LogP contribution in [0, 0.1) is 5.92 Å². The highest BCUT2D eigenvalue weighted by molar-refractivity contribution is 9.09. The molecule has 1 aromatic carbocycles. The molecule has 2 heteroatoms. The number of alkyl halides is 1. The van der Waals surface area contributed by atoms with Gasteiger partial charge in [-0.3, -0.25) is 0 Å². The standard InChI is InChI=1S/C14H19BrO/c1-4-16-14-7-5-6-12(9-14)8-13(10-15)11(2)3/h5-9,11H,4,10H2,1-3H3. The minimum Gasteiger partial charge on any atom is -0.494 e. The molecule has 0 bridgehead atoms. The van der Waals surface area contributed by atoms with Crippen molar-refractivity contribution in [1.29, 1.82) is 0 Å². The molecule has 88 valence electrons. The quantitative estimate of drug-likeness (QED) is 0.722. The van der Waals surface area contributed by atoms with Crippen molar-refractivity contribution in [3.05, 3.63) is 35.4 Å². The summed E-state index contributed by atoms with van der Waals surface area (Å²) in [5.41, 5.74) is 2.60. The van der Waals surface area contributed by atoms with Crippen molar-refractivity contribution in [3.8, 4) is 5.75 Å². The van der Waals surface area contributed by atoms with E-state index in [9.17, 15) is 0 Å². The lowest BCUT2D eigenvalue weighted by Crippen LogP contribution is -1.95. The van der Waals surface area contributed by atoms with E-state index >= 15 is 0 Å². The Bertz CT molecular complexity index is 356. The third-order valence-corrected chi connectivity index (χ3v) is 3.06. The summed E-state index contributed by atoms with van der Waals surface area (Å²) in [4.78, 5) is 0. The van der Waals surface area contributed by atoms with E-state index < -0.39 is 0 Å². The first-order chi connectivity index (χ1) is 7.67. The molecule has 0 aliphatic rings. The summed E-state index contributed by atoms with van der Waals surface area (Å²) >= 11 is 3.52. The zero-order chi connectivity index (χ0) is 12.0. The van der Waals surface area contributed by atoms with E-state index in [1.54, 1.807) is 0 Å².